The van der Waals surface area contributed by atoms with E-state index >= 15 is 0 Å². The third-order valence-electron chi connectivity index (χ3n) is 3.52. The molecule has 1 aromatic heterocycles. The number of benzene rings is 1. The molecule has 0 spiro atoms. The summed E-state index contributed by atoms with van der Waals surface area (Å²) in [5, 5.41) is 2.92. The van der Waals surface area contributed by atoms with Gasteiger partial charge < -0.3 is 15.1 Å². The number of piperazine rings is 1. The highest BCUT2D eigenvalue weighted by atomic mass is 79.9. The highest BCUT2D eigenvalue weighted by Gasteiger charge is 2.21. The molecule has 2 amide bonds. The van der Waals surface area contributed by atoms with E-state index in [1.807, 2.05) is 29.2 Å². The number of nitrogens with one attached hydrogen (secondary N) is 1. The molecule has 1 aliphatic rings. The highest BCUT2D eigenvalue weighted by molar-refractivity contribution is 9.10. The SMILES string of the molecule is O=C(Nc1cccc(Br)c1)N1CCN(c2cnccn2)CC1. The standard InChI is InChI=1S/C15H16BrN5O/c16-12-2-1-3-13(10-12)19-15(22)21-8-6-20(7-9-21)14-11-17-4-5-18-14/h1-5,10-11H,6-9H2,(H,19,22). The molecular formula is C15H16BrN5O. The third-order valence-corrected chi connectivity index (χ3v) is 4.01. The van der Waals surface area contributed by atoms with Crippen LogP contribution in [0.1, 0.15) is 0 Å². The lowest BCUT2D eigenvalue weighted by atomic mass is 10.3. The van der Waals surface area contributed by atoms with Gasteiger partial charge in [0.1, 0.15) is 5.82 Å². The number of rotatable bonds is 2. The van der Waals surface area contributed by atoms with Crippen LogP contribution in [-0.2, 0) is 0 Å². The molecule has 1 N–H and O–H groups in total. The molecular weight excluding hydrogens is 346 g/mol. The van der Waals surface area contributed by atoms with E-state index in [0.717, 1.165) is 29.1 Å². The maximum Gasteiger partial charge on any atom is 0.321 e. The summed E-state index contributed by atoms with van der Waals surface area (Å²) in [5.74, 6) is 0.856. The van der Waals surface area contributed by atoms with Gasteiger partial charge in [0.25, 0.3) is 0 Å². The van der Waals surface area contributed by atoms with Crippen LogP contribution in [0.4, 0.5) is 16.3 Å². The normalized spacial score (nSPS) is 14.8. The van der Waals surface area contributed by atoms with Crippen molar-refractivity contribution >= 4 is 33.5 Å². The van der Waals surface area contributed by atoms with Gasteiger partial charge in [0.2, 0.25) is 0 Å². The molecule has 22 heavy (non-hydrogen) atoms. The summed E-state index contributed by atoms with van der Waals surface area (Å²) in [4.78, 5) is 24.6. The molecule has 7 heteroatoms. The molecule has 114 valence electrons. The van der Waals surface area contributed by atoms with Gasteiger partial charge in [-0.05, 0) is 18.2 Å². The molecule has 1 aromatic carbocycles. The number of amides is 2. The predicted octanol–water partition coefficient (Wildman–Crippen LogP) is 2.59. The van der Waals surface area contributed by atoms with E-state index in [1.165, 1.54) is 0 Å². The number of hydrogen-bond donors (Lipinski definition) is 1. The molecule has 1 saturated heterocycles. The molecule has 1 aliphatic heterocycles. The second-order valence-corrected chi connectivity index (χ2v) is 5.89. The zero-order chi connectivity index (χ0) is 15.4. The fraction of sp³-hybridized carbons (Fsp3) is 0.267. The quantitative estimate of drug-likeness (QED) is 0.892. The van der Waals surface area contributed by atoms with Crippen molar-refractivity contribution in [3.63, 3.8) is 0 Å². The maximum absolute atomic E-state index is 12.3. The van der Waals surface area contributed by atoms with Crippen LogP contribution in [0.25, 0.3) is 0 Å². The number of urea groups is 1. The topological polar surface area (TPSA) is 61.4 Å². The van der Waals surface area contributed by atoms with Crippen molar-refractivity contribution in [3.8, 4) is 0 Å². The summed E-state index contributed by atoms with van der Waals surface area (Å²) in [5.41, 5.74) is 0.788. The number of halogens is 1. The van der Waals surface area contributed by atoms with Crippen molar-refractivity contribution in [1.29, 1.82) is 0 Å². The molecule has 0 saturated carbocycles. The van der Waals surface area contributed by atoms with Crippen LogP contribution in [0.2, 0.25) is 0 Å². The summed E-state index contributed by atoms with van der Waals surface area (Å²) in [6.45, 7) is 2.84. The molecule has 0 bridgehead atoms. The minimum Gasteiger partial charge on any atom is -0.352 e. The summed E-state index contributed by atoms with van der Waals surface area (Å²) < 4.78 is 0.942. The Morgan fingerprint density at radius 2 is 2.00 bits per heavy atom. The van der Waals surface area contributed by atoms with Crippen LogP contribution in [0, 0.1) is 0 Å². The minimum atomic E-state index is -0.0723. The summed E-state index contributed by atoms with van der Waals surface area (Å²) in [6, 6.07) is 7.50. The maximum atomic E-state index is 12.3. The first kappa shape index (κ1) is 14.8. The Morgan fingerprint density at radius 1 is 1.18 bits per heavy atom. The molecule has 2 aromatic rings. The largest absolute Gasteiger partial charge is 0.352 e. The second kappa shape index (κ2) is 6.74. The minimum absolute atomic E-state index is 0.0723. The first-order chi connectivity index (χ1) is 10.7. The Kier molecular flexibility index (Phi) is 4.53. The van der Waals surface area contributed by atoms with Gasteiger partial charge in [-0.3, -0.25) is 4.98 Å². The van der Waals surface area contributed by atoms with Crippen LogP contribution in [0.3, 0.4) is 0 Å². The number of aromatic nitrogens is 2. The van der Waals surface area contributed by atoms with E-state index < -0.39 is 0 Å². The lowest BCUT2D eigenvalue weighted by molar-refractivity contribution is 0.208. The Hall–Kier alpha value is -2.15. The van der Waals surface area contributed by atoms with E-state index in [4.69, 9.17) is 0 Å². The summed E-state index contributed by atoms with van der Waals surface area (Å²) in [6.07, 6.45) is 5.09. The monoisotopic (exact) mass is 361 g/mol. The van der Waals surface area contributed by atoms with Gasteiger partial charge >= 0.3 is 6.03 Å². The van der Waals surface area contributed by atoms with E-state index in [0.29, 0.717) is 13.1 Å². The fourth-order valence-electron chi connectivity index (χ4n) is 2.36. The number of nitrogens with zero attached hydrogens (tertiary/aromatic N) is 4. The Morgan fingerprint density at radius 3 is 2.68 bits per heavy atom. The molecule has 0 unspecified atom stereocenters. The molecule has 0 radical (unpaired) electrons. The Balaban J connectivity index is 1.56. The van der Waals surface area contributed by atoms with Gasteiger partial charge in [-0.25, -0.2) is 9.78 Å². The van der Waals surface area contributed by atoms with Gasteiger partial charge in [-0.1, -0.05) is 22.0 Å². The summed E-state index contributed by atoms with van der Waals surface area (Å²) in [7, 11) is 0. The van der Waals surface area contributed by atoms with Gasteiger partial charge in [-0.15, -0.1) is 0 Å². The molecule has 6 nitrogen and oxygen atoms in total. The third kappa shape index (κ3) is 3.54. The van der Waals surface area contributed by atoms with E-state index in [2.05, 4.69) is 36.1 Å². The molecule has 0 aliphatic carbocycles. The smallest absolute Gasteiger partial charge is 0.321 e. The first-order valence-electron chi connectivity index (χ1n) is 7.05. The van der Waals surface area contributed by atoms with Gasteiger partial charge in [-0.2, -0.15) is 0 Å². The number of anilines is 2. The Bertz CT molecular complexity index is 643. The van der Waals surface area contributed by atoms with Crippen molar-refractivity contribution < 1.29 is 4.79 Å². The van der Waals surface area contributed by atoms with Gasteiger partial charge in [0, 0.05) is 48.7 Å². The average molecular weight is 362 g/mol. The van der Waals surface area contributed by atoms with E-state index in [1.54, 1.807) is 18.6 Å². The highest BCUT2D eigenvalue weighted by Crippen LogP contribution is 2.17. The average Bonchev–Trinajstić information content (AvgIpc) is 2.56. The lowest BCUT2D eigenvalue weighted by Crippen LogP contribution is -2.50. The predicted molar refractivity (Wildman–Crippen MR) is 89.0 cm³/mol. The van der Waals surface area contributed by atoms with Crippen molar-refractivity contribution in [1.82, 2.24) is 14.9 Å². The lowest BCUT2D eigenvalue weighted by Gasteiger charge is -2.35. The molecule has 2 heterocycles. The summed E-state index contributed by atoms with van der Waals surface area (Å²) >= 11 is 3.40. The van der Waals surface area contributed by atoms with Gasteiger partial charge in [0.05, 0.1) is 6.20 Å². The zero-order valence-electron chi connectivity index (χ0n) is 11.9. The number of carbonyl (C=O) groups excluding carboxylic acids is 1. The molecule has 1 fully saturated rings. The van der Waals surface area contributed by atoms with E-state index in [-0.39, 0.29) is 6.03 Å². The zero-order valence-corrected chi connectivity index (χ0v) is 13.5. The second-order valence-electron chi connectivity index (χ2n) is 4.98. The van der Waals surface area contributed by atoms with Crippen LogP contribution in [0.5, 0.6) is 0 Å². The number of hydrogen-bond acceptors (Lipinski definition) is 4. The van der Waals surface area contributed by atoms with Crippen LogP contribution < -0.4 is 10.2 Å². The van der Waals surface area contributed by atoms with E-state index in [9.17, 15) is 4.79 Å². The van der Waals surface area contributed by atoms with Crippen molar-refractivity contribution in [2.75, 3.05) is 36.4 Å². The molecule has 0 atom stereocenters. The molecule has 3 rings (SSSR count). The van der Waals surface area contributed by atoms with Crippen molar-refractivity contribution in [3.05, 3.63) is 47.3 Å². The fourth-order valence-corrected chi connectivity index (χ4v) is 2.76. The van der Waals surface area contributed by atoms with Crippen LogP contribution in [0.15, 0.2) is 47.3 Å². The number of carbonyl (C=O) groups is 1. The van der Waals surface area contributed by atoms with Crippen LogP contribution in [-0.4, -0.2) is 47.1 Å². The Labute approximate surface area is 137 Å². The van der Waals surface area contributed by atoms with Crippen molar-refractivity contribution in [2.24, 2.45) is 0 Å². The van der Waals surface area contributed by atoms with Gasteiger partial charge in [0.15, 0.2) is 0 Å². The van der Waals surface area contributed by atoms with Crippen molar-refractivity contribution in [2.45, 2.75) is 0 Å². The van der Waals surface area contributed by atoms with Crippen LogP contribution >= 0.6 is 15.9 Å². The first-order valence-corrected chi connectivity index (χ1v) is 7.84.